The number of fused-ring (bicyclic) bond motifs is 1. The Morgan fingerprint density at radius 2 is 2.28 bits per heavy atom. The Kier molecular flexibility index (Phi) is 3.51. The Hall–Kier alpha value is -1.63. The molecule has 2 aliphatic rings. The minimum Gasteiger partial charge on any atom is -0.375 e. The fraction of sp³-hybridized carbons (Fsp3) is 0.727. The van der Waals surface area contributed by atoms with Gasteiger partial charge in [-0.1, -0.05) is 0 Å². The molecule has 0 unspecified atom stereocenters. The summed E-state index contributed by atoms with van der Waals surface area (Å²) in [4.78, 5) is 36.8. The van der Waals surface area contributed by atoms with Gasteiger partial charge in [-0.15, -0.1) is 0 Å². The minimum atomic E-state index is -0.588. The number of hydrogen-bond donors (Lipinski definition) is 2. The maximum atomic E-state index is 11.9. The van der Waals surface area contributed by atoms with E-state index in [4.69, 9.17) is 4.74 Å². The van der Waals surface area contributed by atoms with Gasteiger partial charge in [0.15, 0.2) is 0 Å². The fourth-order valence-electron chi connectivity index (χ4n) is 2.50. The van der Waals surface area contributed by atoms with Crippen LogP contribution in [0.4, 0.5) is 0 Å². The van der Waals surface area contributed by atoms with E-state index < -0.39 is 12.1 Å². The number of carbonyl (C=O) groups is 3. The zero-order valence-corrected chi connectivity index (χ0v) is 10.4. The maximum Gasteiger partial charge on any atom is 0.246 e. The average molecular weight is 255 g/mol. The zero-order valence-electron chi connectivity index (χ0n) is 10.4. The summed E-state index contributed by atoms with van der Waals surface area (Å²) in [5, 5.41) is 5.35. The molecule has 18 heavy (non-hydrogen) atoms. The summed E-state index contributed by atoms with van der Waals surface area (Å²) in [7, 11) is 1.43. The van der Waals surface area contributed by atoms with E-state index in [0.717, 1.165) is 0 Å². The van der Waals surface area contributed by atoms with Crippen LogP contribution in [0.25, 0.3) is 0 Å². The van der Waals surface area contributed by atoms with Gasteiger partial charge in [-0.05, 0) is 13.3 Å². The monoisotopic (exact) mass is 255 g/mol. The largest absolute Gasteiger partial charge is 0.375 e. The number of piperazine rings is 1. The number of ether oxygens (including phenoxy) is 1. The molecule has 0 spiro atoms. The molecule has 100 valence electrons. The molecule has 0 aromatic rings. The Labute approximate surface area is 105 Å². The van der Waals surface area contributed by atoms with Crippen molar-refractivity contribution in [1.82, 2.24) is 15.5 Å². The molecule has 7 heteroatoms. The maximum absolute atomic E-state index is 11.9. The molecule has 2 saturated heterocycles. The Morgan fingerprint density at radius 1 is 1.56 bits per heavy atom. The first-order valence-corrected chi connectivity index (χ1v) is 5.93. The lowest BCUT2D eigenvalue weighted by atomic mass is 10.0. The van der Waals surface area contributed by atoms with Gasteiger partial charge in [-0.2, -0.15) is 0 Å². The molecular formula is C11H17N3O4. The summed E-state index contributed by atoms with van der Waals surface area (Å²) in [6, 6.07) is -1.40. The van der Waals surface area contributed by atoms with E-state index in [1.54, 1.807) is 11.8 Å². The van der Waals surface area contributed by atoms with Crippen molar-refractivity contribution in [3.63, 3.8) is 0 Å². The summed E-state index contributed by atoms with van der Waals surface area (Å²) in [6.45, 7) is 2.11. The highest BCUT2D eigenvalue weighted by Crippen LogP contribution is 2.22. The summed E-state index contributed by atoms with van der Waals surface area (Å²) in [5.41, 5.74) is 0. The smallest absolute Gasteiger partial charge is 0.246 e. The molecule has 3 atom stereocenters. The van der Waals surface area contributed by atoms with Crippen molar-refractivity contribution >= 4 is 17.7 Å². The second-order valence-corrected chi connectivity index (χ2v) is 4.60. The van der Waals surface area contributed by atoms with Gasteiger partial charge in [-0.25, -0.2) is 0 Å². The molecule has 2 heterocycles. The number of nitrogens with zero attached hydrogens (tertiary/aromatic N) is 1. The van der Waals surface area contributed by atoms with E-state index in [0.29, 0.717) is 13.0 Å². The Morgan fingerprint density at radius 3 is 2.94 bits per heavy atom. The summed E-state index contributed by atoms with van der Waals surface area (Å²) >= 11 is 0. The number of carbonyl (C=O) groups excluding carboxylic acids is 3. The van der Waals surface area contributed by atoms with Crippen molar-refractivity contribution in [2.24, 2.45) is 0 Å². The first-order chi connectivity index (χ1) is 8.54. The predicted molar refractivity (Wildman–Crippen MR) is 61.5 cm³/mol. The molecule has 2 rings (SSSR count). The molecule has 0 saturated carbocycles. The van der Waals surface area contributed by atoms with Crippen LogP contribution < -0.4 is 10.6 Å². The SMILES string of the molecule is COCC(=O)N[C@H]1CCN2C(=O)[C@@H](C)NC(=O)[C@H]12. The predicted octanol–water partition coefficient (Wildman–Crippen LogP) is -1.76. The molecule has 2 N–H and O–H groups in total. The van der Waals surface area contributed by atoms with E-state index >= 15 is 0 Å². The fourth-order valence-corrected chi connectivity index (χ4v) is 2.50. The van der Waals surface area contributed by atoms with Crippen LogP contribution in [0.5, 0.6) is 0 Å². The molecular weight excluding hydrogens is 238 g/mol. The lowest BCUT2D eigenvalue weighted by Crippen LogP contribution is -2.64. The number of amides is 3. The van der Waals surface area contributed by atoms with Gasteiger partial charge >= 0.3 is 0 Å². The van der Waals surface area contributed by atoms with Gasteiger partial charge in [-0.3, -0.25) is 14.4 Å². The van der Waals surface area contributed by atoms with Crippen LogP contribution in [-0.2, 0) is 19.1 Å². The van der Waals surface area contributed by atoms with Crippen LogP contribution in [0.15, 0.2) is 0 Å². The van der Waals surface area contributed by atoms with E-state index in [2.05, 4.69) is 10.6 Å². The third-order valence-corrected chi connectivity index (χ3v) is 3.30. The van der Waals surface area contributed by atoms with Gasteiger partial charge in [0.1, 0.15) is 18.7 Å². The number of hydrogen-bond acceptors (Lipinski definition) is 4. The van der Waals surface area contributed by atoms with E-state index in [1.165, 1.54) is 7.11 Å². The normalized spacial score (nSPS) is 31.0. The molecule has 2 fully saturated rings. The van der Waals surface area contributed by atoms with E-state index in [-0.39, 0.29) is 30.4 Å². The Bertz CT molecular complexity index is 384. The molecule has 2 aliphatic heterocycles. The molecule has 0 aromatic heterocycles. The highest BCUT2D eigenvalue weighted by atomic mass is 16.5. The molecule has 0 aliphatic carbocycles. The van der Waals surface area contributed by atoms with Crippen molar-refractivity contribution in [1.29, 1.82) is 0 Å². The zero-order chi connectivity index (χ0) is 13.3. The quantitative estimate of drug-likeness (QED) is 0.625. The summed E-state index contributed by atoms with van der Waals surface area (Å²) in [6.07, 6.45) is 0.589. The summed E-state index contributed by atoms with van der Waals surface area (Å²) in [5.74, 6) is -0.575. The molecule has 3 amide bonds. The number of methoxy groups -OCH3 is 1. The van der Waals surface area contributed by atoms with Crippen LogP contribution in [0.1, 0.15) is 13.3 Å². The Balaban J connectivity index is 2.06. The lowest BCUT2D eigenvalue weighted by molar-refractivity contribution is -0.147. The van der Waals surface area contributed by atoms with Crippen molar-refractivity contribution in [3.05, 3.63) is 0 Å². The standard InChI is InChI=1S/C11H17N3O4/c1-6-11(17)14-4-3-7(9(14)10(16)12-6)13-8(15)5-18-2/h6-7,9H,3-5H2,1-2H3,(H,12,16)(H,13,15)/t6-,7+,9+/m1/s1. The highest BCUT2D eigenvalue weighted by molar-refractivity contribution is 5.98. The van der Waals surface area contributed by atoms with Crippen molar-refractivity contribution < 1.29 is 19.1 Å². The van der Waals surface area contributed by atoms with E-state index in [9.17, 15) is 14.4 Å². The summed E-state index contributed by atoms with van der Waals surface area (Å²) < 4.78 is 4.72. The van der Waals surface area contributed by atoms with Crippen LogP contribution in [0.3, 0.4) is 0 Å². The van der Waals surface area contributed by atoms with Gasteiger partial charge in [0.25, 0.3) is 0 Å². The molecule has 0 bridgehead atoms. The molecule has 7 nitrogen and oxygen atoms in total. The first kappa shape index (κ1) is 12.8. The van der Waals surface area contributed by atoms with Crippen LogP contribution in [0, 0.1) is 0 Å². The first-order valence-electron chi connectivity index (χ1n) is 5.93. The second-order valence-electron chi connectivity index (χ2n) is 4.60. The van der Waals surface area contributed by atoms with Crippen molar-refractivity contribution in [2.75, 3.05) is 20.3 Å². The number of rotatable bonds is 3. The third kappa shape index (κ3) is 2.17. The van der Waals surface area contributed by atoms with Gasteiger partial charge in [0.2, 0.25) is 17.7 Å². The van der Waals surface area contributed by atoms with Gasteiger partial charge in [0, 0.05) is 13.7 Å². The highest BCUT2D eigenvalue weighted by Gasteiger charge is 2.47. The topological polar surface area (TPSA) is 87.7 Å². The van der Waals surface area contributed by atoms with Crippen LogP contribution in [0.2, 0.25) is 0 Å². The molecule has 0 aromatic carbocycles. The van der Waals surface area contributed by atoms with Crippen molar-refractivity contribution in [3.8, 4) is 0 Å². The molecule has 0 radical (unpaired) electrons. The van der Waals surface area contributed by atoms with Gasteiger partial charge < -0.3 is 20.3 Å². The van der Waals surface area contributed by atoms with Crippen LogP contribution >= 0.6 is 0 Å². The van der Waals surface area contributed by atoms with Crippen LogP contribution in [-0.4, -0.2) is 61.0 Å². The van der Waals surface area contributed by atoms with Gasteiger partial charge in [0.05, 0.1) is 6.04 Å². The number of nitrogens with one attached hydrogen (secondary N) is 2. The van der Waals surface area contributed by atoms with Crippen molar-refractivity contribution in [2.45, 2.75) is 31.5 Å². The average Bonchev–Trinajstić information content (AvgIpc) is 2.70. The van der Waals surface area contributed by atoms with E-state index in [1.807, 2.05) is 0 Å². The lowest BCUT2D eigenvalue weighted by Gasteiger charge is -2.35. The second kappa shape index (κ2) is 4.93. The minimum absolute atomic E-state index is 0.0464. The third-order valence-electron chi connectivity index (χ3n) is 3.30.